The molecule has 4 nitrogen and oxygen atoms in total. The quantitative estimate of drug-likeness (QED) is 0.766. The summed E-state index contributed by atoms with van der Waals surface area (Å²) in [5.74, 6) is 0.938. The molecule has 0 bridgehead atoms. The van der Waals surface area contributed by atoms with Gasteiger partial charge in [-0.15, -0.1) is 0 Å². The lowest BCUT2D eigenvalue weighted by molar-refractivity contribution is 0.0354. The first-order valence-corrected chi connectivity index (χ1v) is 5.05. The lowest BCUT2D eigenvalue weighted by Gasteiger charge is -2.36. The predicted molar refractivity (Wildman–Crippen MR) is 59.5 cm³/mol. The summed E-state index contributed by atoms with van der Waals surface area (Å²) in [6, 6.07) is 3.85. The number of hydrogen-bond donors (Lipinski definition) is 1. The fourth-order valence-electron chi connectivity index (χ4n) is 1.46. The van der Waals surface area contributed by atoms with Crippen LogP contribution in [0.4, 0.5) is 0 Å². The summed E-state index contributed by atoms with van der Waals surface area (Å²) >= 11 is 0. The van der Waals surface area contributed by atoms with Crippen molar-refractivity contribution in [2.24, 2.45) is 5.73 Å². The molecule has 2 N–H and O–H groups in total. The first kappa shape index (κ1) is 12.2. The van der Waals surface area contributed by atoms with Crippen molar-refractivity contribution in [1.82, 2.24) is 4.90 Å². The lowest BCUT2D eigenvalue weighted by Crippen LogP contribution is -2.52. The van der Waals surface area contributed by atoms with E-state index in [4.69, 9.17) is 14.9 Å². The molecular weight excluding hydrogens is 192 g/mol. The van der Waals surface area contributed by atoms with Gasteiger partial charge in [0.05, 0.1) is 25.0 Å². The van der Waals surface area contributed by atoms with Crippen LogP contribution in [0.2, 0.25) is 0 Å². The van der Waals surface area contributed by atoms with Gasteiger partial charge in [-0.25, -0.2) is 0 Å². The van der Waals surface area contributed by atoms with E-state index in [9.17, 15) is 0 Å². The van der Waals surface area contributed by atoms with E-state index < -0.39 is 0 Å². The van der Waals surface area contributed by atoms with Crippen LogP contribution in [0.1, 0.15) is 12.7 Å². The minimum Gasteiger partial charge on any atom is -0.468 e. The van der Waals surface area contributed by atoms with E-state index in [-0.39, 0.29) is 5.54 Å². The summed E-state index contributed by atoms with van der Waals surface area (Å²) in [6.07, 6.45) is 1.68. The first-order valence-electron chi connectivity index (χ1n) is 5.05. The number of furan rings is 1. The zero-order valence-electron chi connectivity index (χ0n) is 9.69. The highest BCUT2D eigenvalue weighted by atomic mass is 16.5. The lowest BCUT2D eigenvalue weighted by atomic mass is 10.0. The van der Waals surface area contributed by atoms with Crippen LogP contribution in [0, 0.1) is 0 Å². The molecule has 0 aromatic carbocycles. The Morgan fingerprint density at radius 1 is 1.60 bits per heavy atom. The van der Waals surface area contributed by atoms with Gasteiger partial charge >= 0.3 is 0 Å². The molecule has 1 atom stereocenters. The molecular formula is C11H20N2O2. The monoisotopic (exact) mass is 212 g/mol. The van der Waals surface area contributed by atoms with Gasteiger partial charge in [0.25, 0.3) is 0 Å². The van der Waals surface area contributed by atoms with Crippen LogP contribution >= 0.6 is 0 Å². The van der Waals surface area contributed by atoms with Crippen LogP contribution in [0.3, 0.4) is 0 Å². The average molecular weight is 212 g/mol. The Bertz CT molecular complexity index is 274. The Kier molecular flexibility index (Phi) is 4.32. The summed E-state index contributed by atoms with van der Waals surface area (Å²) in [7, 11) is 3.71. The highest BCUT2D eigenvalue weighted by Crippen LogP contribution is 2.15. The topological polar surface area (TPSA) is 51.6 Å². The van der Waals surface area contributed by atoms with Crippen molar-refractivity contribution < 1.29 is 9.15 Å². The van der Waals surface area contributed by atoms with Crippen LogP contribution < -0.4 is 5.73 Å². The average Bonchev–Trinajstić information content (AvgIpc) is 2.70. The maximum Gasteiger partial charge on any atom is 0.117 e. The number of hydrogen-bond acceptors (Lipinski definition) is 4. The summed E-state index contributed by atoms with van der Waals surface area (Å²) in [5, 5.41) is 0. The van der Waals surface area contributed by atoms with Crippen molar-refractivity contribution in [3.63, 3.8) is 0 Å². The highest BCUT2D eigenvalue weighted by Gasteiger charge is 2.28. The Balaban J connectivity index is 2.60. The minimum atomic E-state index is -0.151. The zero-order chi connectivity index (χ0) is 11.3. The van der Waals surface area contributed by atoms with Crippen molar-refractivity contribution in [2.45, 2.75) is 19.0 Å². The fourth-order valence-corrected chi connectivity index (χ4v) is 1.46. The van der Waals surface area contributed by atoms with E-state index in [0.29, 0.717) is 13.2 Å². The second kappa shape index (κ2) is 5.30. The molecule has 0 aliphatic rings. The molecule has 0 fully saturated rings. The van der Waals surface area contributed by atoms with Gasteiger partial charge in [0.2, 0.25) is 0 Å². The standard InChI is InChI=1S/C11H20N2O2/c1-11(8-12,9-14-3)13(2)7-10-5-4-6-15-10/h4-6H,7-9,12H2,1-3H3. The van der Waals surface area contributed by atoms with Gasteiger partial charge in [-0.3, -0.25) is 4.90 Å². The van der Waals surface area contributed by atoms with Crippen LogP contribution in [-0.4, -0.2) is 37.7 Å². The van der Waals surface area contributed by atoms with E-state index in [1.54, 1.807) is 13.4 Å². The number of likely N-dealkylation sites (N-methyl/N-ethyl adjacent to an activating group) is 1. The van der Waals surface area contributed by atoms with Crippen molar-refractivity contribution in [2.75, 3.05) is 27.3 Å². The molecule has 1 aromatic rings. The van der Waals surface area contributed by atoms with E-state index in [1.807, 2.05) is 19.2 Å². The van der Waals surface area contributed by atoms with Gasteiger partial charge in [-0.2, -0.15) is 0 Å². The third-order valence-electron chi connectivity index (χ3n) is 2.79. The molecule has 1 aromatic heterocycles. The van der Waals surface area contributed by atoms with Crippen LogP contribution in [0.25, 0.3) is 0 Å². The van der Waals surface area contributed by atoms with E-state index in [2.05, 4.69) is 11.8 Å². The van der Waals surface area contributed by atoms with Crippen LogP contribution in [0.5, 0.6) is 0 Å². The van der Waals surface area contributed by atoms with Crippen LogP contribution in [0.15, 0.2) is 22.8 Å². The van der Waals surface area contributed by atoms with E-state index >= 15 is 0 Å². The molecule has 1 unspecified atom stereocenters. The molecule has 0 aliphatic carbocycles. The first-order chi connectivity index (χ1) is 7.12. The molecule has 15 heavy (non-hydrogen) atoms. The Morgan fingerprint density at radius 3 is 2.80 bits per heavy atom. The molecule has 4 heteroatoms. The number of nitrogens with two attached hydrogens (primary N) is 1. The summed E-state index contributed by atoms with van der Waals surface area (Å²) in [5.41, 5.74) is 5.62. The van der Waals surface area contributed by atoms with Gasteiger partial charge < -0.3 is 14.9 Å². The van der Waals surface area contributed by atoms with Crippen molar-refractivity contribution >= 4 is 0 Å². The van der Waals surface area contributed by atoms with Crippen molar-refractivity contribution in [3.05, 3.63) is 24.2 Å². The van der Waals surface area contributed by atoms with E-state index in [0.717, 1.165) is 12.3 Å². The number of nitrogens with zero attached hydrogens (tertiary/aromatic N) is 1. The molecule has 0 saturated carbocycles. The molecule has 1 heterocycles. The molecule has 1 rings (SSSR count). The van der Waals surface area contributed by atoms with E-state index in [1.165, 1.54) is 0 Å². The third kappa shape index (κ3) is 3.06. The molecule has 0 amide bonds. The Hall–Kier alpha value is -0.840. The SMILES string of the molecule is COCC(C)(CN)N(C)Cc1ccco1. The molecule has 86 valence electrons. The van der Waals surface area contributed by atoms with Crippen molar-refractivity contribution in [1.29, 1.82) is 0 Å². The summed E-state index contributed by atoms with van der Waals surface area (Å²) in [4.78, 5) is 2.15. The molecule has 0 radical (unpaired) electrons. The smallest absolute Gasteiger partial charge is 0.117 e. The van der Waals surface area contributed by atoms with Gasteiger partial charge in [0.1, 0.15) is 5.76 Å². The fraction of sp³-hybridized carbons (Fsp3) is 0.636. The largest absolute Gasteiger partial charge is 0.468 e. The predicted octanol–water partition coefficient (Wildman–Crippen LogP) is 1.08. The second-order valence-corrected chi connectivity index (χ2v) is 4.07. The van der Waals surface area contributed by atoms with Gasteiger partial charge in [0.15, 0.2) is 0 Å². The second-order valence-electron chi connectivity index (χ2n) is 4.07. The van der Waals surface area contributed by atoms with Gasteiger partial charge in [0, 0.05) is 13.7 Å². The van der Waals surface area contributed by atoms with Gasteiger partial charge in [-0.05, 0) is 26.1 Å². The third-order valence-corrected chi connectivity index (χ3v) is 2.79. The number of methoxy groups -OCH3 is 1. The molecule has 0 spiro atoms. The molecule has 0 saturated heterocycles. The Labute approximate surface area is 91.0 Å². The van der Waals surface area contributed by atoms with Crippen molar-refractivity contribution in [3.8, 4) is 0 Å². The normalized spacial score (nSPS) is 15.5. The Morgan fingerprint density at radius 2 is 2.33 bits per heavy atom. The maximum atomic E-state index is 5.77. The summed E-state index contributed by atoms with van der Waals surface area (Å²) in [6.45, 7) is 3.99. The molecule has 0 aliphatic heterocycles. The number of ether oxygens (including phenoxy) is 1. The minimum absolute atomic E-state index is 0.151. The highest BCUT2D eigenvalue weighted by molar-refractivity contribution is 4.99. The van der Waals surface area contributed by atoms with Gasteiger partial charge in [-0.1, -0.05) is 0 Å². The zero-order valence-corrected chi connectivity index (χ0v) is 9.69. The van der Waals surface area contributed by atoms with Crippen LogP contribution in [-0.2, 0) is 11.3 Å². The number of rotatable bonds is 6. The summed E-state index contributed by atoms with van der Waals surface area (Å²) < 4.78 is 10.5. The maximum absolute atomic E-state index is 5.77.